The van der Waals surface area contributed by atoms with Crippen molar-refractivity contribution in [3.8, 4) is 5.69 Å². The van der Waals surface area contributed by atoms with Gasteiger partial charge in [0.1, 0.15) is 6.54 Å². The number of nitrogens with zero attached hydrogens (tertiary/aromatic N) is 3. The summed E-state index contributed by atoms with van der Waals surface area (Å²) in [5.74, 6) is -0.692. The van der Waals surface area contributed by atoms with Crippen LogP contribution in [0, 0.1) is 13.8 Å². The Bertz CT molecular complexity index is 1450. The van der Waals surface area contributed by atoms with Gasteiger partial charge < -0.3 is 9.47 Å². The van der Waals surface area contributed by atoms with Gasteiger partial charge in [-0.15, -0.1) is 0 Å². The molecule has 184 valence electrons. The number of halogens is 2. The largest absolute Gasteiger partial charge is 0.336 e. The average Bonchev–Trinajstić information content (AvgIpc) is 3.29. The van der Waals surface area contributed by atoms with Gasteiger partial charge in [-0.05, 0) is 79.1 Å². The van der Waals surface area contributed by atoms with Crippen LogP contribution in [0.1, 0.15) is 28.1 Å². The normalized spacial score (nSPS) is 16.7. The first kappa shape index (κ1) is 24.7. The first-order valence-electron chi connectivity index (χ1n) is 11.5. The van der Waals surface area contributed by atoms with Gasteiger partial charge in [-0.1, -0.05) is 47.5 Å². The topological polar surface area (TPSA) is 62.6 Å². The fraction of sp³-hybridized carbons (Fsp3) is 0.222. The third-order valence-corrected chi connectivity index (χ3v) is 8.02. The molecule has 0 N–H and O–H groups in total. The van der Waals surface area contributed by atoms with Gasteiger partial charge >= 0.3 is 0 Å². The molecule has 0 atom stereocenters. The van der Waals surface area contributed by atoms with E-state index in [4.69, 9.17) is 23.2 Å². The van der Waals surface area contributed by atoms with E-state index in [-0.39, 0.29) is 17.4 Å². The fourth-order valence-corrected chi connectivity index (χ4v) is 5.88. The number of benzene rings is 2. The highest BCUT2D eigenvalue weighted by Gasteiger charge is 2.37. The Balaban J connectivity index is 1.35. The second-order valence-corrected chi connectivity index (χ2v) is 10.7. The maximum atomic E-state index is 13.1. The van der Waals surface area contributed by atoms with Crippen LogP contribution in [0.2, 0.25) is 10.0 Å². The monoisotopic (exact) mass is 539 g/mol. The summed E-state index contributed by atoms with van der Waals surface area (Å²) >= 11 is 13.4. The van der Waals surface area contributed by atoms with Crippen LogP contribution in [0.4, 0.5) is 4.79 Å². The van der Waals surface area contributed by atoms with E-state index in [0.29, 0.717) is 23.1 Å². The lowest BCUT2D eigenvalue weighted by atomic mass is 10.00. The molecular weight excluding hydrogens is 517 g/mol. The van der Waals surface area contributed by atoms with Gasteiger partial charge in [0, 0.05) is 29.5 Å². The number of aromatic nitrogens is 1. The summed E-state index contributed by atoms with van der Waals surface area (Å²) in [6, 6.07) is 15.2. The molecule has 3 heterocycles. The van der Waals surface area contributed by atoms with Crippen molar-refractivity contribution in [3.63, 3.8) is 0 Å². The van der Waals surface area contributed by atoms with Crippen molar-refractivity contribution in [2.24, 2.45) is 0 Å². The Hall–Kier alpha value is -3.00. The van der Waals surface area contributed by atoms with Crippen LogP contribution in [0.5, 0.6) is 0 Å². The van der Waals surface area contributed by atoms with E-state index in [1.54, 1.807) is 29.2 Å². The fourth-order valence-electron chi connectivity index (χ4n) is 4.68. The minimum absolute atomic E-state index is 0.234. The average molecular weight is 540 g/mol. The molecule has 2 aromatic carbocycles. The Labute approximate surface area is 223 Å². The first-order chi connectivity index (χ1) is 17.2. The summed E-state index contributed by atoms with van der Waals surface area (Å²) in [6.45, 7) is 4.64. The molecule has 0 bridgehead atoms. The van der Waals surface area contributed by atoms with Crippen molar-refractivity contribution >= 4 is 58.1 Å². The van der Waals surface area contributed by atoms with Crippen LogP contribution in [0.25, 0.3) is 11.8 Å². The third kappa shape index (κ3) is 4.59. The number of amides is 3. The molecule has 0 unspecified atom stereocenters. The van der Waals surface area contributed by atoms with Gasteiger partial charge in [-0.2, -0.15) is 0 Å². The minimum atomic E-state index is -0.457. The second-order valence-electron chi connectivity index (χ2n) is 8.86. The van der Waals surface area contributed by atoms with E-state index >= 15 is 0 Å². The molecule has 6 nitrogen and oxygen atoms in total. The minimum Gasteiger partial charge on any atom is -0.336 e. The van der Waals surface area contributed by atoms with Gasteiger partial charge in [0.25, 0.3) is 11.1 Å². The quantitative estimate of drug-likeness (QED) is 0.380. The van der Waals surface area contributed by atoms with E-state index in [9.17, 15) is 14.4 Å². The summed E-state index contributed by atoms with van der Waals surface area (Å²) in [5, 5.41) is 0.669. The molecule has 3 aromatic rings. The zero-order chi connectivity index (χ0) is 25.6. The predicted octanol–water partition coefficient (Wildman–Crippen LogP) is 6.02. The SMILES string of the molecule is Cc1cc(/C=C2\SC(=O)N(CC(=O)N3CCc4ccccc4C3)C2=O)c(C)n1-c1cc(Cl)ccc1Cl. The third-order valence-electron chi connectivity index (χ3n) is 6.56. The molecule has 0 saturated carbocycles. The number of carbonyl (C=O) groups excluding carboxylic acids is 3. The Morgan fingerprint density at radius 2 is 1.81 bits per heavy atom. The Morgan fingerprint density at radius 3 is 2.58 bits per heavy atom. The zero-order valence-corrected chi connectivity index (χ0v) is 22.1. The molecule has 2 aliphatic rings. The highest BCUT2D eigenvalue weighted by atomic mass is 35.5. The molecule has 1 fully saturated rings. The van der Waals surface area contributed by atoms with E-state index in [1.165, 1.54) is 5.56 Å². The zero-order valence-electron chi connectivity index (χ0n) is 19.8. The Kier molecular flexibility index (Phi) is 6.72. The number of imide groups is 1. The van der Waals surface area contributed by atoms with Gasteiger partial charge in [0.05, 0.1) is 15.6 Å². The molecule has 2 aliphatic heterocycles. The van der Waals surface area contributed by atoms with Crippen molar-refractivity contribution in [2.45, 2.75) is 26.8 Å². The Morgan fingerprint density at radius 1 is 1.06 bits per heavy atom. The molecule has 36 heavy (non-hydrogen) atoms. The van der Waals surface area contributed by atoms with Crippen LogP contribution in [-0.4, -0.2) is 44.5 Å². The number of hydrogen-bond donors (Lipinski definition) is 0. The smallest absolute Gasteiger partial charge is 0.294 e. The van der Waals surface area contributed by atoms with Crippen molar-refractivity contribution in [1.29, 1.82) is 0 Å². The molecule has 1 saturated heterocycles. The van der Waals surface area contributed by atoms with E-state index < -0.39 is 11.1 Å². The summed E-state index contributed by atoms with van der Waals surface area (Å²) in [6.07, 6.45) is 2.46. The maximum absolute atomic E-state index is 13.1. The first-order valence-corrected chi connectivity index (χ1v) is 13.0. The molecule has 3 amide bonds. The van der Waals surface area contributed by atoms with Crippen molar-refractivity contribution in [1.82, 2.24) is 14.4 Å². The standard InChI is InChI=1S/C27H23Cl2N3O3S/c1-16-11-20(17(2)32(16)23-13-21(28)7-8-22(23)29)12-24-26(34)31(27(35)36-24)15-25(33)30-10-9-18-5-3-4-6-19(18)14-30/h3-8,11-13H,9-10,14-15H2,1-2H3/b24-12-. The van der Waals surface area contributed by atoms with E-state index in [0.717, 1.165) is 51.3 Å². The van der Waals surface area contributed by atoms with Crippen molar-refractivity contribution in [3.05, 3.63) is 91.6 Å². The summed E-state index contributed by atoms with van der Waals surface area (Å²) < 4.78 is 1.96. The second kappa shape index (κ2) is 9.81. The molecular formula is C27H23Cl2N3O3S. The number of hydrogen-bond acceptors (Lipinski definition) is 4. The van der Waals surface area contributed by atoms with E-state index in [2.05, 4.69) is 6.07 Å². The molecule has 0 radical (unpaired) electrons. The van der Waals surface area contributed by atoms with Gasteiger partial charge in [-0.25, -0.2) is 0 Å². The lowest BCUT2D eigenvalue weighted by molar-refractivity contribution is -0.136. The lowest BCUT2D eigenvalue weighted by Gasteiger charge is -2.29. The number of carbonyl (C=O) groups is 3. The van der Waals surface area contributed by atoms with Gasteiger partial charge in [0.15, 0.2) is 0 Å². The van der Waals surface area contributed by atoms with Crippen LogP contribution >= 0.6 is 35.0 Å². The molecule has 0 aliphatic carbocycles. The van der Waals surface area contributed by atoms with Crippen LogP contribution in [0.15, 0.2) is 53.4 Å². The molecule has 5 rings (SSSR count). The highest BCUT2D eigenvalue weighted by Crippen LogP contribution is 2.35. The van der Waals surface area contributed by atoms with Crippen LogP contribution in [-0.2, 0) is 22.6 Å². The number of fused-ring (bicyclic) bond motifs is 1. The maximum Gasteiger partial charge on any atom is 0.294 e. The number of thioether (sulfide) groups is 1. The van der Waals surface area contributed by atoms with Crippen LogP contribution < -0.4 is 0 Å². The summed E-state index contributed by atoms with van der Waals surface area (Å²) in [4.78, 5) is 41.8. The van der Waals surface area contributed by atoms with Crippen LogP contribution in [0.3, 0.4) is 0 Å². The van der Waals surface area contributed by atoms with Crippen molar-refractivity contribution < 1.29 is 14.4 Å². The summed E-state index contributed by atoms with van der Waals surface area (Å²) in [7, 11) is 0. The lowest BCUT2D eigenvalue weighted by Crippen LogP contribution is -2.44. The highest BCUT2D eigenvalue weighted by molar-refractivity contribution is 8.18. The van der Waals surface area contributed by atoms with Gasteiger partial charge in [-0.3, -0.25) is 19.3 Å². The number of rotatable bonds is 4. The number of aryl methyl sites for hydroxylation is 1. The van der Waals surface area contributed by atoms with E-state index in [1.807, 2.05) is 42.7 Å². The predicted molar refractivity (Wildman–Crippen MR) is 144 cm³/mol. The summed E-state index contributed by atoms with van der Waals surface area (Å²) in [5.41, 5.74) is 5.61. The van der Waals surface area contributed by atoms with Crippen molar-refractivity contribution in [2.75, 3.05) is 13.1 Å². The molecule has 0 spiro atoms. The van der Waals surface area contributed by atoms with Gasteiger partial charge in [0.2, 0.25) is 5.91 Å². The molecule has 9 heteroatoms. The molecule has 1 aromatic heterocycles.